The van der Waals surface area contributed by atoms with Crippen LogP contribution in [-0.2, 0) is 4.79 Å². The minimum atomic E-state index is -0.178. The molecule has 0 radical (unpaired) electrons. The number of aromatic nitrogens is 2. The number of imidazole rings is 1. The largest absolute Gasteiger partial charge is 0.497 e. The van der Waals surface area contributed by atoms with Gasteiger partial charge >= 0.3 is 0 Å². The molecule has 0 saturated carbocycles. The summed E-state index contributed by atoms with van der Waals surface area (Å²) in [7, 11) is 3.24. The van der Waals surface area contributed by atoms with E-state index in [9.17, 15) is 4.79 Å². The van der Waals surface area contributed by atoms with Crippen LogP contribution in [0.25, 0.3) is 27.9 Å². The fourth-order valence-corrected chi connectivity index (χ4v) is 4.75. The standard InChI is InChI=1S/C23H18ClN3O3S/c1-12-11-27-19(10-16-15-8-13(24)4-6-18(15)25-22(16)28)21(26-23(27)31-12)17-9-14(29-2)5-7-20(17)30-3/h4-11H,1-3H3,(H,25,28)/b16-10+. The van der Waals surface area contributed by atoms with Crippen molar-refractivity contribution in [3.63, 3.8) is 0 Å². The number of halogens is 1. The molecule has 1 aliphatic heterocycles. The minimum absolute atomic E-state index is 0.178. The van der Waals surface area contributed by atoms with E-state index in [-0.39, 0.29) is 5.91 Å². The van der Waals surface area contributed by atoms with Crippen LogP contribution >= 0.6 is 22.9 Å². The number of thiazole rings is 1. The first-order valence-electron chi connectivity index (χ1n) is 9.52. The fraction of sp³-hybridized carbons (Fsp3) is 0.130. The Labute approximate surface area is 187 Å². The number of benzene rings is 2. The van der Waals surface area contributed by atoms with E-state index in [1.54, 1.807) is 37.7 Å². The third-order valence-electron chi connectivity index (χ3n) is 5.19. The minimum Gasteiger partial charge on any atom is -0.497 e. The van der Waals surface area contributed by atoms with Crippen LogP contribution in [0.15, 0.2) is 42.6 Å². The van der Waals surface area contributed by atoms with Crippen molar-refractivity contribution in [3.8, 4) is 22.8 Å². The molecule has 0 spiro atoms. The number of aryl methyl sites for hydroxylation is 1. The van der Waals surface area contributed by atoms with E-state index >= 15 is 0 Å². The molecule has 0 aliphatic carbocycles. The SMILES string of the molecule is COc1ccc(OC)c(-c2nc3sc(C)cn3c2/C=C2/C(=O)Nc3ccc(Cl)cc32)c1. The van der Waals surface area contributed by atoms with E-state index in [4.69, 9.17) is 26.1 Å². The molecule has 0 atom stereocenters. The molecule has 0 saturated heterocycles. The van der Waals surface area contributed by atoms with E-state index in [1.165, 1.54) is 0 Å². The summed E-state index contributed by atoms with van der Waals surface area (Å²) in [5.41, 5.74) is 4.31. The molecule has 1 amide bonds. The summed E-state index contributed by atoms with van der Waals surface area (Å²) in [6, 6.07) is 10.9. The van der Waals surface area contributed by atoms with Crippen molar-refractivity contribution in [1.82, 2.24) is 9.38 Å². The van der Waals surface area contributed by atoms with Gasteiger partial charge in [0.15, 0.2) is 4.96 Å². The number of carbonyl (C=O) groups is 1. The lowest BCUT2D eigenvalue weighted by Crippen LogP contribution is -2.04. The number of ether oxygens (including phenoxy) is 2. The summed E-state index contributed by atoms with van der Waals surface area (Å²) in [5.74, 6) is 1.18. The number of anilines is 1. The quantitative estimate of drug-likeness (QED) is 0.414. The van der Waals surface area contributed by atoms with Crippen LogP contribution in [0.2, 0.25) is 5.02 Å². The highest BCUT2D eigenvalue weighted by atomic mass is 35.5. The first-order valence-corrected chi connectivity index (χ1v) is 10.7. The monoisotopic (exact) mass is 451 g/mol. The van der Waals surface area contributed by atoms with Crippen molar-refractivity contribution < 1.29 is 14.3 Å². The Bertz CT molecular complexity index is 1390. The summed E-state index contributed by atoms with van der Waals surface area (Å²) >= 11 is 7.78. The maximum Gasteiger partial charge on any atom is 0.256 e. The lowest BCUT2D eigenvalue weighted by atomic mass is 10.0. The number of rotatable bonds is 4. The van der Waals surface area contributed by atoms with Gasteiger partial charge in [0, 0.05) is 32.9 Å². The highest BCUT2D eigenvalue weighted by Gasteiger charge is 2.27. The lowest BCUT2D eigenvalue weighted by molar-refractivity contribution is -0.110. The van der Waals surface area contributed by atoms with Crippen molar-refractivity contribution in [1.29, 1.82) is 0 Å². The maximum atomic E-state index is 12.8. The van der Waals surface area contributed by atoms with Gasteiger partial charge in [0.1, 0.15) is 17.2 Å². The molecule has 3 heterocycles. The molecule has 0 bridgehead atoms. The van der Waals surface area contributed by atoms with Gasteiger partial charge in [0.25, 0.3) is 5.91 Å². The zero-order valence-electron chi connectivity index (χ0n) is 17.0. The highest BCUT2D eigenvalue weighted by molar-refractivity contribution is 7.17. The molecule has 0 fully saturated rings. The van der Waals surface area contributed by atoms with Crippen LogP contribution in [-0.4, -0.2) is 29.5 Å². The molecule has 6 nitrogen and oxygen atoms in total. The van der Waals surface area contributed by atoms with E-state index in [2.05, 4.69) is 5.32 Å². The van der Waals surface area contributed by atoms with Crippen LogP contribution < -0.4 is 14.8 Å². The second-order valence-corrected chi connectivity index (χ2v) is 8.76. The molecule has 31 heavy (non-hydrogen) atoms. The van der Waals surface area contributed by atoms with Gasteiger partial charge in [-0.25, -0.2) is 4.98 Å². The molecule has 0 unspecified atom stereocenters. The Balaban J connectivity index is 1.78. The zero-order chi connectivity index (χ0) is 21.7. The zero-order valence-corrected chi connectivity index (χ0v) is 18.6. The van der Waals surface area contributed by atoms with E-state index in [1.807, 2.05) is 47.9 Å². The normalized spacial score (nSPS) is 14.2. The smallest absolute Gasteiger partial charge is 0.256 e. The summed E-state index contributed by atoms with van der Waals surface area (Å²) in [6.45, 7) is 2.03. The number of carbonyl (C=O) groups excluding carboxylic acids is 1. The summed E-state index contributed by atoms with van der Waals surface area (Å²) in [4.78, 5) is 19.6. The molecule has 156 valence electrons. The summed E-state index contributed by atoms with van der Waals surface area (Å²) < 4.78 is 13.0. The fourth-order valence-electron chi connectivity index (χ4n) is 3.75. The molecule has 4 aromatic rings. The predicted octanol–water partition coefficient (Wildman–Crippen LogP) is 5.53. The Morgan fingerprint density at radius 1 is 1.13 bits per heavy atom. The van der Waals surface area contributed by atoms with Crippen LogP contribution in [0, 0.1) is 6.92 Å². The maximum absolute atomic E-state index is 12.8. The number of fused-ring (bicyclic) bond motifs is 2. The summed E-state index contributed by atoms with van der Waals surface area (Å²) in [6.07, 6.45) is 3.87. The molecular weight excluding hydrogens is 434 g/mol. The lowest BCUT2D eigenvalue weighted by Gasteiger charge is -2.10. The van der Waals surface area contributed by atoms with Crippen molar-refractivity contribution in [3.05, 3.63) is 63.8 Å². The molecule has 2 aromatic carbocycles. The molecular formula is C23H18ClN3O3S. The highest BCUT2D eigenvalue weighted by Crippen LogP contribution is 2.40. The molecule has 5 rings (SSSR count). The van der Waals surface area contributed by atoms with Crippen molar-refractivity contribution in [2.75, 3.05) is 19.5 Å². The van der Waals surface area contributed by atoms with Crippen LogP contribution in [0.3, 0.4) is 0 Å². The van der Waals surface area contributed by atoms with Gasteiger partial charge in [-0.1, -0.05) is 11.6 Å². The first kappa shape index (κ1) is 19.7. The average Bonchev–Trinajstić information content (AvgIpc) is 3.38. The van der Waals surface area contributed by atoms with Gasteiger partial charge < -0.3 is 14.8 Å². The van der Waals surface area contributed by atoms with E-state index in [0.717, 1.165) is 32.3 Å². The number of amides is 1. The third-order valence-corrected chi connectivity index (χ3v) is 6.32. The topological polar surface area (TPSA) is 64.9 Å². The van der Waals surface area contributed by atoms with Crippen molar-refractivity contribution >= 4 is 51.1 Å². The molecule has 1 aliphatic rings. The second kappa shape index (κ2) is 7.44. The van der Waals surface area contributed by atoms with Gasteiger partial charge in [-0.2, -0.15) is 0 Å². The number of nitrogens with zero attached hydrogens (tertiary/aromatic N) is 2. The van der Waals surface area contributed by atoms with Crippen LogP contribution in [0.5, 0.6) is 11.5 Å². The predicted molar refractivity (Wildman–Crippen MR) is 124 cm³/mol. The van der Waals surface area contributed by atoms with Crippen molar-refractivity contribution in [2.24, 2.45) is 0 Å². The number of methoxy groups -OCH3 is 2. The number of nitrogens with one attached hydrogen (secondary N) is 1. The Morgan fingerprint density at radius 3 is 2.74 bits per heavy atom. The van der Waals surface area contributed by atoms with Gasteiger partial charge in [0.2, 0.25) is 0 Å². The Kier molecular flexibility index (Phi) is 4.72. The van der Waals surface area contributed by atoms with Gasteiger partial charge in [-0.05, 0) is 49.4 Å². The molecule has 2 aromatic heterocycles. The van der Waals surface area contributed by atoms with Gasteiger partial charge in [-0.15, -0.1) is 11.3 Å². The van der Waals surface area contributed by atoms with Gasteiger partial charge in [0.05, 0.1) is 25.5 Å². The Morgan fingerprint density at radius 2 is 1.97 bits per heavy atom. The van der Waals surface area contributed by atoms with E-state index in [0.29, 0.717) is 27.8 Å². The third kappa shape index (κ3) is 3.26. The average molecular weight is 452 g/mol. The summed E-state index contributed by atoms with van der Waals surface area (Å²) in [5, 5.41) is 3.47. The Hall–Kier alpha value is -3.29. The molecule has 1 N–H and O–H groups in total. The van der Waals surface area contributed by atoms with Crippen LogP contribution in [0.1, 0.15) is 16.1 Å². The van der Waals surface area contributed by atoms with Crippen LogP contribution in [0.4, 0.5) is 5.69 Å². The van der Waals surface area contributed by atoms with Gasteiger partial charge in [-0.3, -0.25) is 9.20 Å². The number of hydrogen-bond acceptors (Lipinski definition) is 5. The first-order chi connectivity index (χ1) is 15.0. The molecule has 8 heteroatoms. The van der Waals surface area contributed by atoms with E-state index < -0.39 is 0 Å². The van der Waals surface area contributed by atoms with Crippen molar-refractivity contribution in [2.45, 2.75) is 6.92 Å². The number of hydrogen-bond donors (Lipinski definition) is 1. The second-order valence-electron chi connectivity index (χ2n) is 7.11.